The molecule has 116 valence electrons. The zero-order chi connectivity index (χ0) is 14.1. The van der Waals surface area contributed by atoms with Crippen LogP contribution in [0.4, 0.5) is 0 Å². The zero-order valence-corrected chi connectivity index (χ0v) is 16.6. The summed E-state index contributed by atoms with van der Waals surface area (Å²) >= 11 is 3.55. The van der Waals surface area contributed by atoms with Gasteiger partial charge in [0.25, 0.3) is 0 Å². The highest BCUT2D eigenvalue weighted by Gasteiger charge is 2.21. The number of alkyl halides is 1. The molecule has 1 rings (SSSR count). The van der Waals surface area contributed by atoms with Gasteiger partial charge < -0.3 is 33.2 Å². The highest BCUT2D eigenvalue weighted by Crippen LogP contribution is 2.19. The number of hydrogen-bond acceptors (Lipinski definition) is 1. The number of quaternary nitrogens is 1. The maximum atomic E-state index is 6.08. The van der Waals surface area contributed by atoms with Crippen LogP contribution < -0.4 is 24.0 Å². The Labute approximate surface area is 149 Å². The minimum absolute atomic E-state index is 0. The Morgan fingerprint density at radius 3 is 2.05 bits per heavy atom. The molecule has 0 aliphatic rings. The van der Waals surface area contributed by atoms with E-state index in [1.165, 1.54) is 25.2 Å². The maximum absolute atomic E-state index is 6.08. The van der Waals surface area contributed by atoms with E-state index >= 15 is 0 Å². The van der Waals surface area contributed by atoms with Gasteiger partial charge in [0.05, 0.1) is 32.3 Å². The van der Waals surface area contributed by atoms with E-state index in [2.05, 4.69) is 61.0 Å². The van der Waals surface area contributed by atoms with Crippen molar-refractivity contribution in [1.82, 2.24) is 0 Å². The molecule has 0 saturated heterocycles. The van der Waals surface area contributed by atoms with E-state index in [4.69, 9.17) is 4.74 Å². The van der Waals surface area contributed by atoms with E-state index in [0.717, 1.165) is 23.0 Å². The Hall–Kier alpha value is 0.350. The fourth-order valence-electron chi connectivity index (χ4n) is 2.43. The Bertz CT molecular complexity index is 335. The second-order valence-corrected chi connectivity index (χ2v) is 5.59. The van der Waals surface area contributed by atoms with E-state index in [1.54, 1.807) is 0 Å². The molecular formula is C16H27BrINO. The molecule has 1 unspecified atom stereocenters. The summed E-state index contributed by atoms with van der Waals surface area (Å²) < 4.78 is 7.22. The minimum Gasteiger partial charge on any atom is -1.00 e. The van der Waals surface area contributed by atoms with E-state index < -0.39 is 0 Å². The first-order valence-electron chi connectivity index (χ1n) is 7.29. The minimum atomic E-state index is 0. The molecule has 1 aromatic rings. The second-order valence-electron chi connectivity index (χ2n) is 4.94. The molecule has 1 atom stereocenters. The van der Waals surface area contributed by atoms with E-state index in [1.807, 2.05) is 6.07 Å². The fraction of sp³-hybridized carbons (Fsp3) is 0.625. The number of nitrogens with zero attached hydrogens (tertiary/aromatic N) is 1. The van der Waals surface area contributed by atoms with Crippen LogP contribution in [-0.2, 0) is 4.74 Å². The molecule has 0 heterocycles. The molecule has 0 radical (unpaired) electrons. The average molecular weight is 456 g/mol. The van der Waals surface area contributed by atoms with Crippen LogP contribution in [0.25, 0.3) is 0 Å². The fourth-order valence-corrected chi connectivity index (χ4v) is 2.99. The summed E-state index contributed by atoms with van der Waals surface area (Å²) in [4.78, 5) is 0. The monoisotopic (exact) mass is 455 g/mol. The second kappa shape index (κ2) is 11.0. The van der Waals surface area contributed by atoms with Gasteiger partial charge in [-0.1, -0.05) is 46.3 Å². The van der Waals surface area contributed by atoms with Crippen LogP contribution >= 0.6 is 15.9 Å². The molecule has 20 heavy (non-hydrogen) atoms. The molecule has 0 aliphatic heterocycles. The number of ether oxygens (including phenoxy) is 1. The van der Waals surface area contributed by atoms with Gasteiger partial charge in [-0.2, -0.15) is 0 Å². The van der Waals surface area contributed by atoms with Gasteiger partial charge >= 0.3 is 0 Å². The van der Waals surface area contributed by atoms with Crippen LogP contribution in [0.15, 0.2) is 30.3 Å². The lowest BCUT2D eigenvalue weighted by Gasteiger charge is -2.36. The van der Waals surface area contributed by atoms with Gasteiger partial charge in [-0.05, 0) is 26.3 Å². The van der Waals surface area contributed by atoms with Crippen LogP contribution in [0.2, 0.25) is 0 Å². The molecule has 2 nitrogen and oxygen atoms in total. The molecular weight excluding hydrogens is 429 g/mol. The van der Waals surface area contributed by atoms with Gasteiger partial charge in [-0.3, -0.25) is 0 Å². The summed E-state index contributed by atoms with van der Waals surface area (Å²) in [5.74, 6) is 0. The summed E-state index contributed by atoms with van der Waals surface area (Å²) in [5, 5.41) is 0.849. The molecule has 0 bridgehead atoms. The van der Waals surface area contributed by atoms with E-state index in [-0.39, 0.29) is 30.1 Å². The first-order valence-corrected chi connectivity index (χ1v) is 8.41. The van der Waals surface area contributed by atoms with Gasteiger partial charge in [0.15, 0.2) is 0 Å². The van der Waals surface area contributed by atoms with Crippen molar-refractivity contribution in [1.29, 1.82) is 0 Å². The molecule has 0 aliphatic carbocycles. The highest BCUT2D eigenvalue weighted by atomic mass is 127. The Balaban J connectivity index is 0.00000361. The summed E-state index contributed by atoms with van der Waals surface area (Å²) in [6, 6.07) is 10.4. The van der Waals surface area contributed by atoms with E-state index in [9.17, 15) is 0 Å². The molecule has 0 fully saturated rings. The maximum Gasteiger partial charge on any atom is 0.102 e. The van der Waals surface area contributed by atoms with Crippen molar-refractivity contribution in [3.63, 3.8) is 0 Å². The molecule has 0 aromatic heterocycles. The van der Waals surface area contributed by atoms with Gasteiger partial charge in [0.1, 0.15) is 6.54 Å². The van der Waals surface area contributed by atoms with Crippen LogP contribution in [0.1, 0.15) is 32.4 Å². The van der Waals surface area contributed by atoms with Gasteiger partial charge in [0.2, 0.25) is 0 Å². The number of rotatable bonds is 9. The lowest BCUT2D eigenvalue weighted by Crippen LogP contribution is -3.00. The number of likely N-dealkylation sites (N-methyl/N-ethyl adjacent to an activating group) is 1. The van der Waals surface area contributed by atoms with Gasteiger partial charge in [-0.25, -0.2) is 0 Å². The lowest BCUT2D eigenvalue weighted by molar-refractivity contribution is -0.923. The van der Waals surface area contributed by atoms with E-state index in [0.29, 0.717) is 0 Å². The first kappa shape index (κ1) is 20.3. The van der Waals surface area contributed by atoms with Crippen LogP contribution in [0.5, 0.6) is 0 Å². The van der Waals surface area contributed by atoms with Crippen molar-refractivity contribution in [2.75, 3.05) is 38.1 Å². The number of benzene rings is 1. The first-order chi connectivity index (χ1) is 9.21. The molecule has 0 spiro atoms. The molecule has 1 aromatic carbocycles. The average Bonchev–Trinajstić information content (AvgIpc) is 2.49. The summed E-state index contributed by atoms with van der Waals surface area (Å²) in [6.07, 6.45) is 0.161. The predicted molar refractivity (Wildman–Crippen MR) is 85.7 cm³/mol. The summed E-state index contributed by atoms with van der Waals surface area (Å²) in [5.41, 5.74) is 1.25. The number of halogens is 2. The van der Waals surface area contributed by atoms with Crippen molar-refractivity contribution < 1.29 is 33.2 Å². The van der Waals surface area contributed by atoms with Crippen molar-refractivity contribution in [2.24, 2.45) is 0 Å². The normalized spacial score (nSPS) is 12.8. The largest absolute Gasteiger partial charge is 1.00 e. The van der Waals surface area contributed by atoms with Crippen molar-refractivity contribution >= 4 is 15.9 Å². The SMILES string of the molecule is CC[N+](CC)(CC)CCOC(CBr)c1ccccc1.[I-]. The quantitative estimate of drug-likeness (QED) is 0.307. The topological polar surface area (TPSA) is 9.23 Å². The third-order valence-electron chi connectivity index (χ3n) is 4.21. The highest BCUT2D eigenvalue weighted by molar-refractivity contribution is 9.09. The molecule has 0 N–H and O–H groups in total. The van der Waals surface area contributed by atoms with Crippen molar-refractivity contribution in [2.45, 2.75) is 26.9 Å². The van der Waals surface area contributed by atoms with Crippen LogP contribution in [-0.4, -0.2) is 42.6 Å². The zero-order valence-electron chi connectivity index (χ0n) is 12.8. The lowest BCUT2D eigenvalue weighted by atomic mass is 10.1. The molecule has 0 amide bonds. The van der Waals surface area contributed by atoms with Crippen molar-refractivity contribution in [3.8, 4) is 0 Å². The molecule has 0 saturated carbocycles. The van der Waals surface area contributed by atoms with Gasteiger partial charge in [-0.15, -0.1) is 0 Å². The van der Waals surface area contributed by atoms with Crippen LogP contribution in [0.3, 0.4) is 0 Å². The smallest absolute Gasteiger partial charge is 0.102 e. The molecule has 4 heteroatoms. The Kier molecular flexibility index (Phi) is 11.2. The van der Waals surface area contributed by atoms with Crippen LogP contribution in [0, 0.1) is 0 Å². The Morgan fingerprint density at radius 1 is 1.05 bits per heavy atom. The van der Waals surface area contributed by atoms with Gasteiger partial charge in [0, 0.05) is 5.33 Å². The Morgan fingerprint density at radius 2 is 1.60 bits per heavy atom. The third-order valence-corrected chi connectivity index (χ3v) is 4.80. The van der Waals surface area contributed by atoms with Crippen molar-refractivity contribution in [3.05, 3.63) is 35.9 Å². The summed E-state index contributed by atoms with van der Waals surface area (Å²) in [6.45, 7) is 12.3. The number of hydrogen-bond donors (Lipinski definition) is 0. The third kappa shape index (κ3) is 6.00. The predicted octanol–water partition coefficient (Wildman–Crippen LogP) is 1.02. The summed E-state index contributed by atoms with van der Waals surface area (Å²) in [7, 11) is 0. The standard InChI is InChI=1S/C16H27BrNO.HI/c1-4-18(5-2,6-3)12-13-19-16(14-17)15-10-8-7-9-11-15;/h7-11,16H,4-6,12-14H2,1-3H3;1H/q+1;/p-1.